The first kappa shape index (κ1) is 13.8. The van der Waals surface area contributed by atoms with Crippen molar-refractivity contribution in [1.82, 2.24) is 0 Å². The molecule has 0 fully saturated rings. The molecule has 18 heavy (non-hydrogen) atoms. The Balaban J connectivity index is 2.33. The van der Waals surface area contributed by atoms with Gasteiger partial charge in [-0.25, -0.2) is 4.39 Å². The first-order valence-corrected chi connectivity index (χ1v) is 7.85. The molecule has 1 aromatic carbocycles. The summed E-state index contributed by atoms with van der Waals surface area (Å²) in [7, 11) is 0. The molecule has 96 valence electrons. The highest BCUT2D eigenvalue weighted by Crippen LogP contribution is 2.33. The molecule has 2 rings (SSSR count). The number of furan rings is 1. The first-order valence-electron chi connectivity index (χ1n) is 5.60. The monoisotopic (exact) mass is 374 g/mol. The molecule has 0 bridgehead atoms. The van der Waals surface area contributed by atoms with Crippen LogP contribution in [0, 0.1) is 5.82 Å². The van der Waals surface area contributed by atoms with Crippen molar-refractivity contribution < 1.29 is 8.81 Å². The lowest BCUT2D eigenvalue weighted by Gasteiger charge is -2.29. The third-order valence-corrected chi connectivity index (χ3v) is 5.21. The maximum atomic E-state index is 13.0. The molecule has 0 N–H and O–H groups in total. The second kappa shape index (κ2) is 6.02. The summed E-state index contributed by atoms with van der Waals surface area (Å²) in [6.07, 6.45) is 2.44. The lowest BCUT2D eigenvalue weighted by atomic mass is 9.80. The Labute approximate surface area is 123 Å². The predicted molar refractivity (Wildman–Crippen MR) is 78.1 cm³/mol. The van der Waals surface area contributed by atoms with E-state index in [4.69, 9.17) is 4.42 Å². The molecule has 1 heterocycles. The Morgan fingerprint density at radius 3 is 2.22 bits per heavy atom. The van der Waals surface area contributed by atoms with Crippen LogP contribution in [-0.4, -0.2) is 10.7 Å². The smallest absolute Gasteiger partial charge is 0.123 e. The number of rotatable bonds is 5. The Hall–Kier alpha value is -0.610. The molecular formula is C14H13Br2FO. The topological polar surface area (TPSA) is 13.1 Å². The van der Waals surface area contributed by atoms with Crippen LogP contribution >= 0.6 is 31.9 Å². The van der Waals surface area contributed by atoms with E-state index >= 15 is 0 Å². The molecule has 0 amide bonds. The Morgan fingerprint density at radius 2 is 1.72 bits per heavy atom. The van der Waals surface area contributed by atoms with Gasteiger partial charge in [-0.05, 0) is 29.8 Å². The lowest BCUT2D eigenvalue weighted by Crippen LogP contribution is -2.32. The second-order valence-corrected chi connectivity index (χ2v) is 5.43. The summed E-state index contributed by atoms with van der Waals surface area (Å²) < 4.78 is 18.4. The highest BCUT2D eigenvalue weighted by molar-refractivity contribution is 9.09. The van der Waals surface area contributed by atoms with Crippen molar-refractivity contribution in [3.63, 3.8) is 0 Å². The van der Waals surface area contributed by atoms with Gasteiger partial charge >= 0.3 is 0 Å². The molecule has 1 aromatic heterocycles. The average Bonchev–Trinajstić information content (AvgIpc) is 2.90. The average molecular weight is 376 g/mol. The predicted octanol–water partition coefficient (Wildman–Crippen LogP) is 4.69. The number of halogens is 3. The second-order valence-electron chi connectivity index (χ2n) is 4.31. The van der Waals surface area contributed by atoms with E-state index in [-0.39, 0.29) is 11.2 Å². The van der Waals surface area contributed by atoms with Gasteiger partial charge in [0.05, 0.1) is 6.26 Å². The van der Waals surface area contributed by atoms with Crippen LogP contribution in [0.15, 0.2) is 47.1 Å². The molecule has 0 saturated heterocycles. The maximum absolute atomic E-state index is 13.0. The quantitative estimate of drug-likeness (QED) is 0.691. The molecule has 0 aliphatic rings. The summed E-state index contributed by atoms with van der Waals surface area (Å²) >= 11 is 7.14. The molecule has 0 aliphatic carbocycles. The highest BCUT2D eigenvalue weighted by atomic mass is 79.9. The molecule has 0 aliphatic heterocycles. The molecule has 2 aromatic rings. The molecule has 0 spiro atoms. The number of hydrogen-bond donors (Lipinski definition) is 0. The summed E-state index contributed by atoms with van der Waals surface area (Å²) in [4.78, 5) is 0. The molecular weight excluding hydrogens is 363 g/mol. The van der Waals surface area contributed by atoms with E-state index in [1.165, 1.54) is 12.1 Å². The zero-order valence-electron chi connectivity index (χ0n) is 9.70. The van der Waals surface area contributed by atoms with Gasteiger partial charge in [-0.2, -0.15) is 0 Å². The Kier molecular flexibility index (Phi) is 4.62. The SMILES string of the molecule is Fc1ccc(C(CBr)(CBr)Cc2ccco2)cc1. The van der Waals surface area contributed by atoms with Gasteiger partial charge in [-0.1, -0.05) is 44.0 Å². The normalized spacial score (nSPS) is 11.7. The summed E-state index contributed by atoms with van der Waals surface area (Å²) in [6.45, 7) is 0. The molecule has 4 heteroatoms. The lowest BCUT2D eigenvalue weighted by molar-refractivity contribution is 0.443. The first-order chi connectivity index (χ1) is 8.70. The third kappa shape index (κ3) is 2.86. The Morgan fingerprint density at radius 1 is 1.06 bits per heavy atom. The van der Waals surface area contributed by atoms with Gasteiger partial charge in [-0.3, -0.25) is 0 Å². The van der Waals surface area contributed by atoms with Crippen LogP contribution in [0.3, 0.4) is 0 Å². The van der Waals surface area contributed by atoms with E-state index in [1.807, 2.05) is 24.3 Å². The summed E-state index contributed by atoms with van der Waals surface area (Å²) in [6, 6.07) is 10.5. The summed E-state index contributed by atoms with van der Waals surface area (Å²) in [5.41, 5.74) is 0.958. The molecule has 0 atom stereocenters. The van der Waals surface area contributed by atoms with E-state index in [0.717, 1.165) is 28.4 Å². The fourth-order valence-electron chi connectivity index (χ4n) is 1.94. The minimum atomic E-state index is -0.213. The number of hydrogen-bond acceptors (Lipinski definition) is 1. The molecule has 0 unspecified atom stereocenters. The van der Waals surface area contributed by atoms with Crippen molar-refractivity contribution in [2.24, 2.45) is 0 Å². The standard InChI is InChI=1S/C14H13Br2FO/c15-9-14(10-16,8-13-2-1-7-18-13)11-3-5-12(17)6-4-11/h1-7H,8-10H2. The van der Waals surface area contributed by atoms with Gasteiger partial charge in [0.1, 0.15) is 11.6 Å². The van der Waals surface area contributed by atoms with E-state index in [9.17, 15) is 4.39 Å². The van der Waals surface area contributed by atoms with Crippen molar-refractivity contribution in [1.29, 1.82) is 0 Å². The third-order valence-electron chi connectivity index (χ3n) is 3.06. The van der Waals surface area contributed by atoms with Crippen molar-refractivity contribution in [3.05, 3.63) is 59.8 Å². The van der Waals surface area contributed by atoms with Crippen molar-refractivity contribution >= 4 is 31.9 Å². The van der Waals surface area contributed by atoms with Crippen molar-refractivity contribution in [3.8, 4) is 0 Å². The minimum absolute atomic E-state index is 0.133. The molecule has 0 saturated carbocycles. The van der Waals surface area contributed by atoms with Gasteiger partial charge in [-0.15, -0.1) is 0 Å². The van der Waals surface area contributed by atoms with Gasteiger partial charge in [0.2, 0.25) is 0 Å². The van der Waals surface area contributed by atoms with Crippen molar-refractivity contribution in [2.45, 2.75) is 11.8 Å². The fourth-order valence-corrected chi connectivity index (χ4v) is 3.91. The van der Waals surface area contributed by atoms with E-state index < -0.39 is 0 Å². The van der Waals surface area contributed by atoms with E-state index in [1.54, 1.807) is 6.26 Å². The maximum Gasteiger partial charge on any atom is 0.123 e. The molecule has 1 nitrogen and oxygen atoms in total. The van der Waals surface area contributed by atoms with E-state index in [2.05, 4.69) is 31.9 Å². The van der Waals surface area contributed by atoms with Crippen LogP contribution in [0.5, 0.6) is 0 Å². The van der Waals surface area contributed by atoms with E-state index in [0.29, 0.717) is 0 Å². The number of benzene rings is 1. The van der Waals surface area contributed by atoms with Crippen molar-refractivity contribution in [2.75, 3.05) is 10.7 Å². The summed E-state index contributed by atoms with van der Waals surface area (Å²) in [5.74, 6) is 0.716. The van der Waals surface area contributed by atoms with Crippen LogP contribution < -0.4 is 0 Å². The van der Waals surface area contributed by atoms with Gasteiger partial charge in [0.25, 0.3) is 0 Å². The minimum Gasteiger partial charge on any atom is -0.469 e. The zero-order valence-corrected chi connectivity index (χ0v) is 12.9. The fraction of sp³-hybridized carbons (Fsp3) is 0.286. The van der Waals surface area contributed by atoms with Crippen LogP contribution in [0.4, 0.5) is 4.39 Å². The van der Waals surface area contributed by atoms with Crippen LogP contribution in [-0.2, 0) is 11.8 Å². The highest BCUT2D eigenvalue weighted by Gasteiger charge is 2.31. The Bertz CT molecular complexity index is 475. The van der Waals surface area contributed by atoms with Crippen LogP contribution in [0.1, 0.15) is 11.3 Å². The van der Waals surface area contributed by atoms with Gasteiger partial charge < -0.3 is 4.42 Å². The van der Waals surface area contributed by atoms with Gasteiger partial charge in [0, 0.05) is 22.5 Å². The van der Waals surface area contributed by atoms with Crippen LogP contribution in [0.2, 0.25) is 0 Å². The zero-order chi connectivity index (χ0) is 13.0. The summed E-state index contributed by atoms with van der Waals surface area (Å²) in [5, 5.41) is 1.55. The van der Waals surface area contributed by atoms with Crippen LogP contribution in [0.25, 0.3) is 0 Å². The number of alkyl halides is 2. The molecule has 0 radical (unpaired) electrons. The van der Waals surface area contributed by atoms with Gasteiger partial charge in [0.15, 0.2) is 0 Å². The largest absolute Gasteiger partial charge is 0.469 e.